The van der Waals surface area contributed by atoms with Crippen LogP contribution < -0.4 is 10.6 Å². The standard InChI is InChI=1S/C12H11Br2N5O/c13-7-1-2-10(9(14)3-7)16-12(20)11-6-19(18-17-11)8-4-15-5-8/h1-3,6,8,15H,4-5H2,(H,16,20). The molecule has 2 N–H and O–H groups in total. The normalized spacial score (nSPS) is 14.9. The zero-order valence-corrected chi connectivity index (χ0v) is 13.5. The molecule has 8 heteroatoms. The van der Waals surface area contributed by atoms with Crippen LogP contribution in [0.5, 0.6) is 0 Å². The van der Waals surface area contributed by atoms with Crippen molar-refractivity contribution in [2.24, 2.45) is 0 Å². The quantitative estimate of drug-likeness (QED) is 0.828. The summed E-state index contributed by atoms with van der Waals surface area (Å²) >= 11 is 6.77. The van der Waals surface area contributed by atoms with E-state index in [1.807, 2.05) is 18.2 Å². The Morgan fingerprint density at radius 3 is 2.85 bits per heavy atom. The third kappa shape index (κ3) is 2.77. The second-order valence-electron chi connectivity index (χ2n) is 4.47. The fourth-order valence-corrected chi connectivity index (χ4v) is 2.94. The number of hydrogen-bond donors (Lipinski definition) is 2. The lowest BCUT2D eigenvalue weighted by atomic mass is 10.2. The van der Waals surface area contributed by atoms with Gasteiger partial charge in [-0.05, 0) is 34.1 Å². The van der Waals surface area contributed by atoms with Crippen LogP contribution >= 0.6 is 31.9 Å². The summed E-state index contributed by atoms with van der Waals surface area (Å²) in [6, 6.07) is 5.83. The summed E-state index contributed by atoms with van der Waals surface area (Å²) < 4.78 is 3.46. The van der Waals surface area contributed by atoms with Gasteiger partial charge in [-0.1, -0.05) is 21.1 Å². The predicted molar refractivity (Wildman–Crippen MR) is 81.7 cm³/mol. The highest BCUT2D eigenvalue weighted by molar-refractivity contribution is 9.11. The molecule has 1 amide bonds. The van der Waals surface area contributed by atoms with Gasteiger partial charge in [0.05, 0.1) is 17.9 Å². The number of rotatable bonds is 3. The molecule has 1 saturated heterocycles. The van der Waals surface area contributed by atoms with E-state index in [1.165, 1.54) is 0 Å². The number of carbonyl (C=O) groups is 1. The van der Waals surface area contributed by atoms with E-state index >= 15 is 0 Å². The number of halogens is 2. The molecule has 1 aliphatic heterocycles. The second kappa shape index (κ2) is 5.63. The second-order valence-corrected chi connectivity index (χ2v) is 6.24. The van der Waals surface area contributed by atoms with Gasteiger partial charge in [-0.15, -0.1) is 5.10 Å². The maximum atomic E-state index is 12.1. The maximum Gasteiger partial charge on any atom is 0.277 e. The first-order valence-corrected chi connectivity index (χ1v) is 7.61. The smallest absolute Gasteiger partial charge is 0.277 e. The van der Waals surface area contributed by atoms with Crippen LogP contribution in [-0.4, -0.2) is 34.0 Å². The van der Waals surface area contributed by atoms with E-state index in [-0.39, 0.29) is 5.91 Å². The molecule has 0 aliphatic carbocycles. The molecule has 0 radical (unpaired) electrons. The van der Waals surface area contributed by atoms with Crippen molar-refractivity contribution in [1.82, 2.24) is 20.3 Å². The number of nitrogens with zero attached hydrogens (tertiary/aromatic N) is 3. The SMILES string of the molecule is O=C(Nc1ccc(Br)cc1Br)c1cn(C2CNC2)nn1. The molecule has 6 nitrogen and oxygen atoms in total. The van der Waals surface area contributed by atoms with Crippen LogP contribution in [0.25, 0.3) is 0 Å². The molecule has 0 atom stereocenters. The highest BCUT2D eigenvalue weighted by Gasteiger charge is 2.21. The van der Waals surface area contributed by atoms with Crippen LogP contribution in [0, 0.1) is 0 Å². The van der Waals surface area contributed by atoms with Gasteiger partial charge in [0.15, 0.2) is 5.69 Å². The first kappa shape index (κ1) is 13.7. The van der Waals surface area contributed by atoms with Gasteiger partial charge in [-0.25, -0.2) is 4.68 Å². The molecule has 0 spiro atoms. The summed E-state index contributed by atoms with van der Waals surface area (Å²) in [5.74, 6) is -0.272. The van der Waals surface area contributed by atoms with Gasteiger partial charge in [0, 0.05) is 22.0 Å². The summed E-state index contributed by atoms with van der Waals surface area (Å²) in [6.07, 6.45) is 1.67. The number of hydrogen-bond acceptors (Lipinski definition) is 4. The van der Waals surface area contributed by atoms with Crippen molar-refractivity contribution in [2.75, 3.05) is 18.4 Å². The molecule has 2 heterocycles. The van der Waals surface area contributed by atoms with E-state index in [2.05, 4.69) is 52.8 Å². The molecule has 104 valence electrons. The first-order valence-electron chi connectivity index (χ1n) is 6.02. The number of amides is 1. The highest BCUT2D eigenvalue weighted by atomic mass is 79.9. The number of benzene rings is 1. The lowest BCUT2D eigenvalue weighted by Crippen LogP contribution is -2.43. The molecule has 3 rings (SSSR count). The Labute approximate surface area is 132 Å². The minimum absolute atomic E-state index is 0.272. The lowest BCUT2D eigenvalue weighted by molar-refractivity contribution is 0.102. The predicted octanol–water partition coefficient (Wildman–Crippen LogP) is 2.20. The van der Waals surface area contributed by atoms with Crippen LogP contribution in [-0.2, 0) is 0 Å². The van der Waals surface area contributed by atoms with Gasteiger partial charge < -0.3 is 10.6 Å². The minimum atomic E-state index is -0.272. The molecule has 0 saturated carbocycles. The third-order valence-electron chi connectivity index (χ3n) is 3.06. The zero-order chi connectivity index (χ0) is 14.1. The first-order chi connectivity index (χ1) is 9.63. The Balaban J connectivity index is 1.73. The fraction of sp³-hybridized carbons (Fsp3) is 0.250. The molecular formula is C12H11Br2N5O. The van der Waals surface area contributed by atoms with Crippen LogP contribution in [0.4, 0.5) is 5.69 Å². The maximum absolute atomic E-state index is 12.1. The Hall–Kier alpha value is -1.25. The summed E-state index contributed by atoms with van der Waals surface area (Å²) in [7, 11) is 0. The minimum Gasteiger partial charge on any atom is -0.319 e. The van der Waals surface area contributed by atoms with Crippen LogP contribution in [0.1, 0.15) is 16.5 Å². The molecular weight excluding hydrogens is 390 g/mol. The molecule has 20 heavy (non-hydrogen) atoms. The van der Waals surface area contributed by atoms with Crippen molar-refractivity contribution in [3.63, 3.8) is 0 Å². The van der Waals surface area contributed by atoms with Gasteiger partial charge in [0.2, 0.25) is 0 Å². The summed E-state index contributed by atoms with van der Waals surface area (Å²) in [5.41, 5.74) is 1.00. The number of anilines is 1. The molecule has 2 aromatic rings. The average molecular weight is 401 g/mol. The van der Waals surface area contributed by atoms with Crippen molar-refractivity contribution < 1.29 is 4.79 Å². The summed E-state index contributed by atoms with van der Waals surface area (Å²) in [5, 5.41) is 13.8. The Morgan fingerprint density at radius 2 is 2.20 bits per heavy atom. The highest BCUT2D eigenvalue weighted by Crippen LogP contribution is 2.26. The average Bonchev–Trinajstić information content (AvgIpc) is 2.80. The fourth-order valence-electron chi connectivity index (χ4n) is 1.80. The molecule has 1 aromatic carbocycles. The molecule has 0 bridgehead atoms. The third-order valence-corrected chi connectivity index (χ3v) is 4.21. The van der Waals surface area contributed by atoms with E-state index in [0.29, 0.717) is 17.4 Å². The molecule has 1 fully saturated rings. The van der Waals surface area contributed by atoms with E-state index in [1.54, 1.807) is 10.9 Å². The van der Waals surface area contributed by atoms with E-state index in [0.717, 1.165) is 22.0 Å². The Kier molecular flexibility index (Phi) is 3.86. The number of carbonyl (C=O) groups excluding carboxylic acids is 1. The van der Waals surface area contributed by atoms with Gasteiger partial charge in [0.1, 0.15) is 0 Å². The Morgan fingerprint density at radius 1 is 1.40 bits per heavy atom. The van der Waals surface area contributed by atoms with Gasteiger partial charge in [-0.2, -0.15) is 0 Å². The number of aromatic nitrogens is 3. The van der Waals surface area contributed by atoms with Crippen LogP contribution in [0.2, 0.25) is 0 Å². The van der Waals surface area contributed by atoms with Crippen molar-refractivity contribution >= 4 is 43.5 Å². The van der Waals surface area contributed by atoms with Crippen molar-refractivity contribution in [2.45, 2.75) is 6.04 Å². The van der Waals surface area contributed by atoms with Crippen molar-refractivity contribution in [3.05, 3.63) is 39.0 Å². The monoisotopic (exact) mass is 399 g/mol. The largest absolute Gasteiger partial charge is 0.319 e. The van der Waals surface area contributed by atoms with Crippen LogP contribution in [0.3, 0.4) is 0 Å². The van der Waals surface area contributed by atoms with E-state index in [9.17, 15) is 4.79 Å². The molecule has 1 aromatic heterocycles. The van der Waals surface area contributed by atoms with Crippen LogP contribution in [0.15, 0.2) is 33.3 Å². The Bertz CT molecular complexity index is 653. The van der Waals surface area contributed by atoms with Gasteiger partial charge in [0.25, 0.3) is 5.91 Å². The molecule has 1 aliphatic rings. The van der Waals surface area contributed by atoms with Crippen molar-refractivity contribution in [1.29, 1.82) is 0 Å². The van der Waals surface area contributed by atoms with Gasteiger partial charge >= 0.3 is 0 Å². The van der Waals surface area contributed by atoms with Crippen molar-refractivity contribution in [3.8, 4) is 0 Å². The topological polar surface area (TPSA) is 71.8 Å². The summed E-state index contributed by atoms with van der Waals surface area (Å²) in [6.45, 7) is 1.73. The molecule has 0 unspecified atom stereocenters. The van der Waals surface area contributed by atoms with E-state index < -0.39 is 0 Å². The number of nitrogens with one attached hydrogen (secondary N) is 2. The van der Waals surface area contributed by atoms with E-state index in [4.69, 9.17) is 0 Å². The lowest BCUT2D eigenvalue weighted by Gasteiger charge is -2.26. The zero-order valence-electron chi connectivity index (χ0n) is 10.3. The summed E-state index contributed by atoms with van der Waals surface area (Å²) in [4.78, 5) is 12.1. The van der Waals surface area contributed by atoms with Gasteiger partial charge in [-0.3, -0.25) is 4.79 Å².